The summed E-state index contributed by atoms with van der Waals surface area (Å²) in [5.74, 6) is 0.135. The fourth-order valence-corrected chi connectivity index (χ4v) is 3.37. The lowest BCUT2D eigenvalue weighted by atomic mass is 9.92. The van der Waals surface area contributed by atoms with E-state index in [9.17, 15) is 22.8 Å². The number of hydrogen-bond acceptors (Lipinski definition) is 3. The summed E-state index contributed by atoms with van der Waals surface area (Å²) in [6, 6.07) is 9.12. The number of carbonyl (C=O) groups is 2. The second kappa shape index (κ2) is 8.84. The average molecular weight is 448 g/mol. The van der Waals surface area contributed by atoms with Crippen LogP contribution in [0.2, 0.25) is 0 Å². The Balaban J connectivity index is 1.91. The van der Waals surface area contributed by atoms with Crippen LogP contribution in [0.25, 0.3) is 0 Å². The zero-order chi connectivity index (χ0) is 23.7. The SMILES string of the molecule is CC(C)CCN1C(=O)C(C)(C)COc2ccc(NC(=O)c3cccc(C(F)(F)F)c3)cc21. The molecule has 0 aliphatic carbocycles. The summed E-state index contributed by atoms with van der Waals surface area (Å²) >= 11 is 0. The van der Waals surface area contributed by atoms with Crippen LogP contribution >= 0.6 is 0 Å². The topological polar surface area (TPSA) is 58.6 Å². The first-order chi connectivity index (χ1) is 14.9. The molecule has 5 nitrogen and oxygen atoms in total. The van der Waals surface area contributed by atoms with Crippen molar-refractivity contribution in [3.8, 4) is 5.75 Å². The van der Waals surface area contributed by atoms with Gasteiger partial charge in [0.1, 0.15) is 12.4 Å². The molecule has 2 amide bonds. The van der Waals surface area contributed by atoms with E-state index in [4.69, 9.17) is 4.74 Å². The second-order valence-corrected chi connectivity index (χ2v) is 9.03. The number of nitrogens with zero attached hydrogens (tertiary/aromatic N) is 1. The summed E-state index contributed by atoms with van der Waals surface area (Å²) in [6.07, 6.45) is -3.76. The zero-order valence-corrected chi connectivity index (χ0v) is 18.5. The molecule has 172 valence electrons. The standard InChI is InChI=1S/C24H27F3N2O3/c1-15(2)10-11-29-19-13-18(8-9-20(19)32-14-23(3,4)22(29)31)28-21(30)16-6-5-7-17(12-16)24(25,26)27/h5-9,12-13,15H,10-11,14H2,1-4H3,(H,28,30). The van der Waals surface area contributed by atoms with E-state index in [2.05, 4.69) is 19.2 Å². The maximum Gasteiger partial charge on any atom is 0.416 e. The molecule has 0 aromatic heterocycles. The van der Waals surface area contributed by atoms with Crippen LogP contribution in [0.4, 0.5) is 24.5 Å². The lowest BCUT2D eigenvalue weighted by Crippen LogP contribution is -2.42. The van der Waals surface area contributed by atoms with Gasteiger partial charge in [0, 0.05) is 17.8 Å². The predicted octanol–water partition coefficient (Wildman–Crippen LogP) is 5.76. The molecule has 2 aromatic rings. The van der Waals surface area contributed by atoms with E-state index in [-0.39, 0.29) is 18.1 Å². The largest absolute Gasteiger partial charge is 0.490 e. The number of nitrogens with one attached hydrogen (secondary N) is 1. The van der Waals surface area contributed by atoms with E-state index in [1.54, 1.807) is 23.1 Å². The summed E-state index contributed by atoms with van der Waals surface area (Å²) in [5, 5.41) is 2.63. The van der Waals surface area contributed by atoms with Crippen molar-refractivity contribution in [2.24, 2.45) is 11.3 Å². The summed E-state index contributed by atoms with van der Waals surface area (Å²) in [4.78, 5) is 27.5. The molecular weight excluding hydrogens is 421 g/mol. The molecule has 0 saturated carbocycles. The minimum atomic E-state index is -4.54. The van der Waals surface area contributed by atoms with Gasteiger partial charge in [-0.2, -0.15) is 13.2 Å². The molecule has 0 spiro atoms. The summed E-state index contributed by atoms with van der Waals surface area (Å²) in [7, 11) is 0. The van der Waals surface area contributed by atoms with Crippen molar-refractivity contribution in [3.05, 3.63) is 53.6 Å². The van der Waals surface area contributed by atoms with Crippen molar-refractivity contribution in [1.82, 2.24) is 0 Å². The third-order valence-corrected chi connectivity index (χ3v) is 5.30. The van der Waals surface area contributed by atoms with Crippen LogP contribution in [0.1, 0.15) is 50.0 Å². The highest BCUT2D eigenvalue weighted by Crippen LogP contribution is 2.38. The fourth-order valence-electron chi connectivity index (χ4n) is 3.37. The Kier molecular flexibility index (Phi) is 6.53. The van der Waals surface area contributed by atoms with Gasteiger partial charge in [-0.15, -0.1) is 0 Å². The summed E-state index contributed by atoms with van der Waals surface area (Å²) < 4.78 is 44.8. The van der Waals surface area contributed by atoms with E-state index in [1.807, 2.05) is 13.8 Å². The molecule has 0 bridgehead atoms. The van der Waals surface area contributed by atoms with E-state index >= 15 is 0 Å². The third kappa shape index (κ3) is 5.23. The molecule has 0 radical (unpaired) electrons. The molecule has 2 aromatic carbocycles. The Labute approximate surface area is 185 Å². The average Bonchev–Trinajstić information content (AvgIpc) is 2.80. The van der Waals surface area contributed by atoms with Gasteiger partial charge in [-0.1, -0.05) is 19.9 Å². The number of amides is 2. The molecule has 1 aliphatic heterocycles. The number of anilines is 2. The van der Waals surface area contributed by atoms with Crippen molar-refractivity contribution < 1.29 is 27.5 Å². The van der Waals surface area contributed by atoms with Crippen LogP contribution in [0.15, 0.2) is 42.5 Å². The number of halogens is 3. The van der Waals surface area contributed by atoms with E-state index < -0.39 is 23.1 Å². The van der Waals surface area contributed by atoms with Crippen LogP contribution in [0, 0.1) is 11.3 Å². The van der Waals surface area contributed by atoms with Crippen molar-refractivity contribution in [1.29, 1.82) is 0 Å². The highest BCUT2D eigenvalue weighted by Gasteiger charge is 2.38. The Morgan fingerprint density at radius 2 is 1.91 bits per heavy atom. The van der Waals surface area contributed by atoms with Gasteiger partial charge in [0.05, 0.1) is 16.7 Å². The number of benzene rings is 2. The lowest BCUT2D eigenvalue weighted by Gasteiger charge is -2.28. The third-order valence-electron chi connectivity index (χ3n) is 5.30. The highest BCUT2D eigenvalue weighted by molar-refractivity contribution is 6.05. The van der Waals surface area contributed by atoms with Crippen molar-refractivity contribution in [3.63, 3.8) is 0 Å². The Hall–Kier alpha value is -3.03. The molecule has 0 fully saturated rings. The normalized spacial score (nSPS) is 15.8. The van der Waals surface area contributed by atoms with Crippen molar-refractivity contribution in [2.45, 2.75) is 40.3 Å². The summed E-state index contributed by atoms with van der Waals surface area (Å²) in [5.41, 5.74) is -0.842. The minimum Gasteiger partial charge on any atom is -0.490 e. The Morgan fingerprint density at radius 3 is 2.56 bits per heavy atom. The van der Waals surface area contributed by atoms with Crippen LogP contribution in [0.3, 0.4) is 0 Å². The number of alkyl halides is 3. The smallest absolute Gasteiger partial charge is 0.416 e. The van der Waals surface area contributed by atoms with Gasteiger partial charge in [-0.05, 0) is 62.6 Å². The maximum atomic E-state index is 13.2. The van der Waals surface area contributed by atoms with Crippen LogP contribution < -0.4 is 15.0 Å². The molecule has 0 saturated heterocycles. The number of rotatable bonds is 5. The van der Waals surface area contributed by atoms with Crippen molar-refractivity contribution in [2.75, 3.05) is 23.4 Å². The second-order valence-electron chi connectivity index (χ2n) is 9.03. The van der Waals surface area contributed by atoms with Gasteiger partial charge in [0.2, 0.25) is 5.91 Å². The zero-order valence-electron chi connectivity index (χ0n) is 18.5. The van der Waals surface area contributed by atoms with Crippen LogP contribution in [-0.2, 0) is 11.0 Å². The molecule has 1 heterocycles. The van der Waals surface area contributed by atoms with Crippen LogP contribution in [0.5, 0.6) is 5.75 Å². The van der Waals surface area contributed by atoms with Gasteiger partial charge in [0.25, 0.3) is 5.91 Å². The number of fused-ring (bicyclic) bond motifs is 1. The van der Waals surface area contributed by atoms with Gasteiger partial charge in [-0.25, -0.2) is 0 Å². The lowest BCUT2D eigenvalue weighted by molar-refractivity contribution is -0.137. The first kappa shape index (κ1) is 23.6. The molecule has 32 heavy (non-hydrogen) atoms. The minimum absolute atomic E-state index is 0.0849. The molecule has 1 aliphatic rings. The molecular formula is C24H27F3N2O3. The van der Waals surface area contributed by atoms with Crippen molar-refractivity contribution >= 4 is 23.2 Å². The Morgan fingerprint density at radius 1 is 1.19 bits per heavy atom. The van der Waals surface area contributed by atoms with Crippen LogP contribution in [-0.4, -0.2) is 25.0 Å². The first-order valence-electron chi connectivity index (χ1n) is 10.5. The quantitative estimate of drug-likeness (QED) is 0.633. The Bertz CT molecular complexity index is 1020. The molecule has 1 N–H and O–H groups in total. The molecule has 0 atom stereocenters. The number of carbonyl (C=O) groups excluding carboxylic acids is 2. The van der Waals surface area contributed by atoms with Gasteiger partial charge in [0.15, 0.2) is 0 Å². The highest BCUT2D eigenvalue weighted by atomic mass is 19.4. The van der Waals surface area contributed by atoms with E-state index in [0.717, 1.165) is 18.6 Å². The molecule has 3 rings (SSSR count). The van der Waals surface area contributed by atoms with Gasteiger partial charge in [-0.3, -0.25) is 9.59 Å². The maximum absolute atomic E-state index is 13.2. The monoisotopic (exact) mass is 448 g/mol. The first-order valence-corrected chi connectivity index (χ1v) is 10.5. The number of hydrogen-bond donors (Lipinski definition) is 1. The summed E-state index contributed by atoms with van der Waals surface area (Å²) in [6.45, 7) is 8.47. The van der Waals surface area contributed by atoms with Gasteiger partial charge < -0.3 is 15.0 Å². The molecule has 8 heteroatoms. The van der Waals surface area contributed by atoms with Gasteiger partial charge >= 0.3 is 6.18 Å². The predicted molar refractivity (Wildman–Crippen MR) is 117 cm³/mol. The van der Waals surface area contributed by atoms with E-state index in [1.165, 1.54) is 12.1 Å². The fraction of sp³-hybridized carbons (Fsp3) is 0.417. The van der Waals surface area contributed by atoms with E-state index in [0.29, 0.717) is 29.6 Å². The number of ether oxygens (including phenoxy) is 1. The molecule has 0 unspecified atom stereocenters.